The molecule has 0 radical (unpaired) electrons. The third-order valence-corrected chi connectivity index (χ3v) is 4.02. The molecule has 1 unspecified atom stereocenters. The van der Waals surface area contributed by atoms with Crippen LogP contribution in [0.5, 0.6) is 0 Å². The van der Waals surface area contributed by atoms with Gasteiger partial charge in [0.15, 0.2) is 5.13 Å². The highest BCUT2D eigenvalue weighted by molar-refractivity contribution is 7.14. The average Bonchev–Trinajstić information content (AvgIpc) is 3.01. The van der Waals surface area contributed by atoms with Crippen LogP contribution in [0.25, 0.3) is 11.3 Å². The number of nitrogens with zero attached hydrogens (tertiary/aromatic N) is 1. The average molecular weight is 348 g/mol. The van der Waals surface area contributed by atoms with Crippen LogP contribution >= 0.6 is 11.3 Å². The molecule has 0 fully saturated rings. The Morgan fingerprint density at radius 1 is 1.29 bits per heavy atom. The van der Waals surface area contributed by atoms with Gasteiger partial charge in [0.2, 0.25) is 11.8 Å². The Balaban J connectivity index is 1.99. The van der Waals surface area contributed by atoms with Gasteiger partial charge in [-0.3, -0.25) is 9.59 Å². The first kappa shape index (κ1) is 18.1. The molecule has 24 heavy (non-hydrogen) atoms. The maximum absolute atomic E-state index is 11.9. The number of carbonyl (C=O) groups excluding carboxylic acids is 2. The van der Waals surface area contributed by atoms with Gasteiger partial charge in [-0.1, -0.05) is 12.1 Å². The zero-order valence-electron chi connectivity index (χ0n) is 13.5. The summed E-state index contributed by atoms with van der Waals surface area (Å²) in [7, 11) is 1.52. The van der Waals surface area contributed by atoms with Crippen molar-refractivity contribution in [1.82, 2.24) is 4.98 Å². The topological polar surface area (TPSA) is 106 Å². The third-order valence-electron chi connectivity index (χ3n) is 3.26. The van der Waals surface area contributed by atoms with Crippen LogP contribution in [0.2, 0.25) is 0 Å². The summed E-state index contributed by atoms with van der Waals surface area (Å²) in [5.74, 6) is -0.303. The number of aromatic nitrogens is 1. The summed E-state index contributed by atoms with van der Waals surface area (Å²) in [5.41, 5.74) is 7.88. The van der Waals surface area contributed by atoms with E-state index in [0.717, 1.165) is 16.9 Å². The molecule has 0 aliphatic rings. The molecule has 0 saturated heterocycles. The highest BCUT2D eigenvalue weighted by Gasteiger charge is 2.13. The first-order valence-electron chi connectivity index (χ1n) is 7.38. The molecule has 0 saturated carbocycles. The van der Waals surface area contributed by atoms with Gasteiger partial charge in [0.1, 0.15) is 0 Å². The molecule has 7 nitrogen and oxygen atoms in total. The number of nitrogens with two attached hydrogens (primary N) is 1. The molecule has 8 heteroatoms. The first-order chi connectivity index (χ1) is 11.5. The van der Waals surface area contributed by atoms with E-state index >= 15 is 0 Å². The summed E-state index contributed by atoms with van der Waals surface area (Å²) < 4.78 is 5.09. The number of hydrogen-bond donors (Lipinski definition) is 3. The summed E-state index contributed by atoms with van der Waals surface area (Å²) in [6, 6.07) is 7.33. The lowest BCUT2D eigenvalue weighted by atomic mass is 10.1. The number of nitrogens with one attached hydrogen (secondary N) is 2. The van der Waals surface area contributed by atoms with Gasteiger partial charge in [-0.15, -0.1) is 11.3 Å². The minimum atomic E-state index is -0.300. The predicted octanol–water partition coefficient (Wildman–Crippen LogP) is 2.07. The number of ether oxygens (including phenoxy) is 1. The van der Waals surface area contributed by atoms with Crippen molar-refractivity contribution in [3.05, 3.63) is 29.6 Å². The van der Waals surface area contributed by atoms with Crippen molar-refractivity contribution in [1.29, 1.82) is 0 Å². The molecule has 0 aliphatic carbocycles. The number of methoxy groups -OCH3 is 1. The second-order valence-electron chi connectivity index (χ2n) is 5.14. The second kappa shape index (κ2) is 8.53. The molecule has 1 aromatic carbocycles. The SMILES string of the molecule is COC(CN)CC(=O)Nc1nc(-c2ccc(NC(C)=O)cc2)cs1. The van der Waals surface area contributed by atoms with Crippen LogP contribution < -0.4 is 16.4 Å². The van der Waals surface area contributed by atoms with Crippen LogP contribution in [0.3, 0.4) is 0 Å². The van der Waals surface area contributed by atoms with E-state index in [1.807, 2.05) is 17.5 Å². The maximum atomic E-state index is 11.9. The summed E-state index contributed by atoms with van der Waals surface area (Å²) in [4.78, 5) is 27.3. The van der Waals surface area contributed by atoms with Crippen molar-refractivity contribution < 1.29 is 14.3 Å². The standard InChI is InChI=1S/C16H20N4O3S/c1-10(21)18-12-5-3-11(4-6-12)14-9-24-16(19-14)20-15(22)7-13(8-17)23-2/h3-6,9,13H,7-8,17H2,1-2H3,(H,18,21)(H,19,20,22). The van der Waals surface area contributed by atoms with E-state index < -0.39 is 0 Å². The van der Waals surface area contributed by atoms with Crippen molar-refractivity contribution in [2.45, 2.75) is 19.4 Å². The summed E-state index contributed by atoms with van der Waals surface area (Å²) >= 11 is 1.34. The van der Waals surface area contributed by atoms with Crippen molar-refractivity contribution in [2.75, 3.05) is 24.3 Å². The summed E-state index contributed by atoms with van der Waals surface area (Å²) in [6.07, 6.45) is -0.112. The van der Waals surface area contributed by atoms with E-state index in [4.69, 9.17) is 10.5 Å². The van der Waals surface area contributed by atoms with Crippen LogP contribution in [0.1, 0.15) is 13.3 Å². The van der Waals surface area contributed by atoms with Crippen molar-refractivity contribution in [3.8, 4) is 11.3 Å². The molecule has 128 valence electrons. The van der Waals surface area contributed by atoms with Gasteiger partial charge in [0, 0.05) is 37.2 Å². The normalized spacial score (nSPS) is 11.8. The molecule has 0 bridgehead atoms. The van der Waals surface area contributed by atoms with Gasteiger partial charge < -0.3 is 21.1 Å². The largest absolute Gasteiger partial charge is 0.380 e. The van der Waals surface area contributed by atoms with Crippen LogP contribution in [0.15, 0.2) is 29.6 Å². The molecule has 0 aliphatic heterocycles. The Kier molecular flexibility index (Phi) is 6.42. The highest BCUT2D eigenvalue weighted by Crippen LogP contribution is 2.26. The van der Waals surface area contributed by atoms with Gasteiger partial charge in [-0.05, 0) is 12.1 Å². The van der Waals surface area contributed by atoms with Crippen LogP contribution in [-0.2, 0) is 14.3 Å². The fourth-order valence-corrected chi connectivity index (χ4v) is 2.77. The number of amides is 2. The van der Waals surface area contributed by atoms with E-state index in [1.165, 1.54) is 25.4 Å². The fraction of sp³-hybridized carbons (Fsp3) is 0.312. The van der Waals surface area contributed by atoms with Gasteiger partial charge >= 0.3 is 0 Å². The molecule has 1 aromatic heterocycles. The number of anilines is 2. The maximum Gasteiger partial charge on any atom is 0.228 e. The van der Waals surface area contributed by atoms with E-state index in [-0.39, 0.29) is 30.9 Å². The van der Waals surface area contributed by atoms with Gasteiger partial charge in [0.25, 0.3) is 0 Å². The molecule has 0 spiro atoms. The van der Waals surface area contributed by atoms with Crippen LogP contribution in [0, 0.1) is 0 Å². The Bertz CT molecular complexity index is 696. The lowest BCUT2D eigenvalue weighted by Crippen LogP contribution is -2.28. The van der Waals surface area contributed by atoms with Gasteiger partial charge in [-0.2, -0.15) is 0 Å². The quantitative estimate of drug-likeness (QED) is 0.710. The molecule has 4 N–H and O–H groups in total. The smallest absolute Gasteiger partial charge is 0.228 e. The van der Waals surface area contributed by atoms with Crippen molar-refractivity contribution in [3.63, 3.8) is 0 Å². The van der Waals surface area contributed by atoms with Crippen molar-refractivity contribution in [2.24, 2.45) is 5.73 Å². The van der Waals surface area contributed by atoms with E-state index in [0.29, 0.717) is 5.13 Å². The fourth-order valence-electron chi connectivity index (χ4n) is 2.03. The molecule has 2 rings (SSSR count). The van der Waals surface area contributed by atoms with Gasteiger partial charge in [0.05, 0.1) is 18.2 Å². The van der Waals surface area contributed by atoms with Crippen LogP contribution in [0.4, 0.5) is 10.8 Å². The molecular weight excluding hydrogens is 328 g/mol. The molecule has 1 atom stereocenters. The summed E-state index contributed by atoms with van der Waals surface area (Å²) in [6.45, 7) is 1.75. The Labute approximate surface area is 144 Å². The number of thiazole rings is 1. The Hall–Kier alpha value is -2.29. The monoisotopic (exact) mass is 348 g/mol. The first-order valence-corrected chi connectivity index (χ1v) is 8.26. The Morgan fingerprint density at radius 3 is 2.58 bits per heavy atom. The number of benzene rings is 1. The number of rotatable bonds is 7. The zero-order valence-corrected chi connectivity index (χ0v) is 14.4. The minimum Gasteiger partial charge on any atom is -0.380 e. The Morgan fingerprint density at radius 2 is 2.00 bits per heavy atom. The predicted molar refractivity (Wildman–Crippen MR) is 95.0 cm³/mol. The third kappa shape index (κ3) is 5.12. The lowest BCUT2D eigenvalue weighted by molar-refractivity contribution is -0.118. The lowest BCUT2D eigenvalue weighted by Gasteiger charge is -2.11. The number of hydrogen-bond acceptors (Lipinski definition) is 6. The van der Waals surface area contributed by atoms with E-state index in [1.54, 1.807) is 12.1 Å². The molecule has 2 aromatic rings. The second-order valence-corrected chi connectivity index (χ2v) is 6.00. The summed E-state index contributed by atoms with van der Waals surface area (Å²) in [5, 5.41) is 7.83. The number of carbonyl (C=O) groups is 2. The molecule has 2 amide bonds. The van der Waals surface area contributed by atoms with Crippen molar-refractivity contribution >= 4 is 34.0 Å². The van der Waals surface area contributed by atoms with E-state index in [9.17, 15) is 9.59 Å². The van der Waals surface area contributed by atoms with Gasteiger partial charge in [-0.25, -0.2) is 4.98 Å². The zero-order chi connectivity index (χ0) is 17.5. The molecule has 1 heterocycles. The van der Waals surface area contributed by atoms with Crippen LogP contribution in [-0.4, -0.2) is 36.6 Å². The highest BCUT2D eigenvalue weighted by atomic mass is 32.1. The van der Waals surface area contributed by atoms with E-state index in [2.05, 4.69) is 15.6 Å². The molecular formula is C16H20N4O3S. The minimum absolute atomic E-state index is 0.117.